The van der Waals surface area contributed by atoms with E-state index in [4.69, 9.17) is 19.7 Å². The van der Waals surface area contributed by atoms with Gasteiger partial charge in [-0.2, -0.15) is 0 Å². The van der Waals surface area contributed by atoms with Gasteiger partial charge in [-0.15, -0.1) is 11.3 Å². The molecule has 9 rings (SSSR count). The minimum atomic E-state index is 0.643. The molecule has 6 aromatic carbocycles. The fourth-order valence-corrected chi connectivity index (χ4v) is 7.23. The molecule has 5 heteroatoms. The van der Waals surface area contributed by atoms with E-state index in [-0.39, 0.29) is 0 Å². The molecule has 0 atom stereocenters. The lowest BCUT2D eigenvalue weighted by atomic mass is 9.91. The number of aromatic nitrogens is 3. The average Bonchev–Trinajstić information content (AvgIpc) is 3.45. The molecule has 196 valence electrons. The molecule has 0 aliphatic carbocycles. The first kappa shape index (κ1) is 23.3. The predicted molar refractivity (Wildman–Crippen MR) is 172 cm³/mol. The van der Waals surface area contributed by atoms with Gasteiger partial charge in [0.1, 0.15) is 11.5 Å². The van der Waals surface area contributed by atoms with Crippen molar-refractivity contribution in [2.45, 2.75) is 0 Å². The zero-order chi connectivity index (χ0) is 27.6. The van der Waals surface area contributed by atoms with Crippen LogP contribution in [0.2, 0.25) is 0 Å². The third kappa shape index (κ3) is 3.51. The first-order valence-electron chi connectivity index (χ1n) is 13.9. The quantitative estimate of drug-likeness (QED) is 0.217. The summed E-state index contributed by atoms with van der Waals surface area (Å²) in [5, 5.41) is 4.80. The zero-order valence-electron chi connectivity index (χ0n) is 22.3. The highest BCUT2D eigenvalue weighted by atomic mass is 32.1. The maximum atomic E-state index is 6.45. The summed E-state index contributed by atoms with van der Waals surface area (Å²) < 4.78 is 8.94. The van der Waals surface area contributed by atoms with E-state index in [1.165, 1.54) is 20.2 Å². The Morgan fingerprint density at radius 1 is 0.429 bits per heavy atom. The maximum Gasteiger partial charge on any atom is 0.164 e. The summed E-state index contributed by atoms with van der Waals surface area (Å²) in [5.74, 6) is 3.77. The lowest BCUT2D eigenvalue weighted by Crippen LogP contribution is -2.01. The number of thiophene rings is 1. The van der Waals surface area contributed by atoms with E-state index in [9.17, 15) is 0 Å². The Morgan fingerprint density at radius 2 is 1.02 bits per heavy atom. The van der Waals surface area contributed by atoms with Gasteiger partial charge >= 0.3 is 0 Å². The highest BCUT2D eigenvalue weighted by molar-refractivity contribution is 7.26. The van der Waals surface area contributed by atoms with E-state index in [0.717, 1.165) is 50.1 Å². The van der Waals surface area contributed by atoms with Gasteiger partial charge in [0.05, 0.1) is 0 Å². The summed E-state index contributed by atoms with van der Waals surface area (Å²) in [7, 11) is 0. The number of benzene rings is 6. The molecule has 0 N–H and O–H groups in total. The highest BCUT2D eigenvalue weighted by Gasteiger charge is 2.24. The molecule has 0 bridgehead atoms. The summed E-state index contributed by atoms with van der Waals surface area (Å²) in [5.41, 5.74) is 5.07. The summed E-state index contributed by atoms with van der Waals surface area (Å²) in [6, 6.07) is 43.6. The number of ether oxygens (including phenoxy) is 1. The molecule has 0 radical (unpaired) electrons. The molecule has 4 nitrogen and oxygen atoms in total. The van der Waals surface area contributed by atoms with Crippen LogP contribution in [0.3, 0.4) is 0 Å². The number of hydrogen-bond donors (Lipinski definition) is 0. The molecular weight excluding hydrogens is 534 g/mol. The summed E-state index contributed by atoms with van der Waals surface area (Å²) in [6.45, 7) is 0. The third-order valence-corrected chi connectivity index (χ3v) is 9.03. The van der Waals surface area contributed by atoms with Crippen molar-refractivity contribution in [2.24, 2.45) is 0 Å². The second-order valence-corrected chi connectivity index (χ2v) is 11.5. The van der Waals surface area contributed by atoms with Crippen LogP contribution in [0.15, 0.2) is 127 Å². The fraction of sp³-hybridized carbons (Fsp3) is 0. The first-order chi connectivity index (χ1) is 20.8. The summed E-state index contributed by atoms with van der Waals surface area (Å²) >= 11 is 1.81. The molecular formula is C37H21N3OS. The molecule has 0 fully saturated rings. The van der Waals surface area contributed by atoms with Crippen LogP contribution >= 0.6 is 11.3 Å². The van der Waals surface area contributed by atoms with Gasteiger partial charge in [-0.05, 0) is 40.8 Å². The summed E-state index contributed by atoms with van der Waals surface area (Å²) in [4.78, 5) is 15.0. The molecule has 0 amide bonds. The Hall–Kier alpha value is -5.39. The number of nitrogens with zero attached hydrogens (tertiary/aromatic N) is 3. The van der Waals surface area contributed by atoms with Crippen molar-refractivity contribution in [2.75, 3.05) is 0 Å². The Balaban J connectivity index is 1.33. The molecule has 0 unspecified atom stereocenters. The number of rotatable bonds is 4. The smallest absolute Gasteiger partial charge is 0.164 e. The van der Waals surface area contributed by atoms with E-state index >= 15 is 0 Å². The molecule has 42 heavy (non-hydrogen) atoms. The predicted octanol–water partition coefficient (Wildman–Crippen LogP) is 10.2. The Morgan fingerprint density at radius 3 is 1.74 bits per heavy atom. The molecule has 1 aliphatic heterocycles. The minimum absolute atomic E-state index is 0.643. The van der Waals surface area contributed by atoms with E-state index in [0.29, 0.717) is 17.5 Å². The molecule has 8 aromatic rings. The van der Waals surface area contributed by atoms with Crippen molar-refractivity contribution in [1.82, 2.24) is 15.0 Å². The van der Waals surface area contributed by atoms with Crippen LogP contribution in [-0.2, 0) is 0 Å². The van der Waals surface area contributed by atoms with Crippen LogP contribution in [0.4, 0.5) is 0 Å². The number of hydrogen-bond acceptors (Lipinski definition) is 5. The van der Waals surface area contributed by atoms with E-state index in [1.54, 1.807) is 0 Å². The Bertz CT molecular complexity index is 2270. The van der Waals surface area contributed by atoms with Gasteiger partial charge in [0.25, 0.3) is 0 Å². The monoisotopic (exact) mass is 555 g/mol. The molecule has 2 aromatic heterocycles. The topological polar surface area (TPSA) is 47.9 Å². The van der Waals surface area contributed by atoms with Gasteiger partial charge in [0.15, 0.2) is 17.5 Å². The van der Waals surface area contributed by atoms with Gasteiger partial charge < -0.3 is 4.74 Å². The van der Waals surface area contributed by atoms with E-state index in [1.807, 2.05) is 72.0 Å². The van der Waals surface area contributed by atoms with Crippen molar-refractivity contribution in [3.8, 4) is 56.8 Å². The second kappa shape index (κ2) is 9.06. The summed E-state index contributed by atoms with van der Waals surface area (Å²) in [6.07, 6.45) is 0. The van der Waals surface area contributed by atoms with Crippen LogP contribution in [0.5, 0.6) is 11.5 Å². The Labute approximate surface area is 245 Å². The van der Waals surface area contributed by atoms with Crippen LogP contribution in [0.1, 0.15) is 0 Å². The minimum Gasteiger partial charge on any atom is -0.456 e. The first-order valence-corrected chi connectivity index (χ1v) is 14.7. The highest BCUT2D eigenvalue weighted by Crippen LogP contribution is 2.52. The van der Waals surface area contributed by atoms with Crippen molar-refractivity contribution in [3.05, 3.63) is 127 Å². The van der Waals surface area contributed by atoms with Crippen molar-refractivity contribution in [1.29, 1.82) is 0 Å². The van der Waals surface area contributed by atoms with Gasteiger partial charge in [0.2, 0.25) is 0 Å². The van der Waals surface area contributed by atoms with Crippen LogP contribution in [-0.4, -0.2) is 15.0 Å². The normalized spacial score (nSPS) is 12.0. The molecule has 1 aliphatic rings. The van der Waals surface area contributed by atoms with Gasteiger partial charge in [-0.25, -0.2) is 15.0 Å². The lowest BCUT2D eigenvalue weighted by molar-refractivity contribution is 0.493. The molecule has 3 heterocycles. The molecule has 0 saturated carbocycles. The van der Waals surface area contributed by atoms with E-state index in [2.05, 4.69) is 66.7 Å². The average molecular weight is 556 g/mol. The lowest BCUT2D eigenvalue weighted by Gasteiger charge is -2.19. The van der Waals surface area contributed by atoms with Crippen molar-refractivity contribution in [3.63, 3.8) is 0 Å². The zero-order valence-corrected chi connectivity index (χ0v) is 23.1. The van der Waals surface area contributed by atoms with Gasteiger partial charge in [0, 0.05) is 42.2 Å². The van der Waals surface area contributed by atoms with Crippen molar-refractivity contribution < 1.29 is 4.74 Å². The Kier molecular flexibility index (Phi) is 5.03. The van der Waals surface area contributed by atoms with Crippen LogP contribution < -0.4 is 4.74 Å². The van der Waals surface area contributed by atoms with Gasteiger partial charge in [-0.3, -0.25) is 0 Å². The second-order valence-electron chi connectivity index (χ2n) is 10.4. The molecule has 0 saturated heterocycles. The standard InChI is InChI=1S/C37H21N3OS/c1-3-11-22(12-4-1)35-38-36(23-13-5-2-6-14-23)40-37(39-35)26-16-8-7-15-24(26)27-21-31-34-32-25(27)17-9-18-28(32)41-29-19-10-20-30(42-31)33(29)34/h1-21H. The van der Waals surface area contributed by atoms with Crippen LogP contribution in [0.25, 0.3) is 76.2 Å². The van der Waals surface area contributed by atoms with Crippen LogP contribution in [0, 0.1) is 0 Å². The van der Waals surface area contributed by atoms with E-state index < -0.39 is 0 Å². The van der Waals surface area contributed by atoms with Crippen molar-refractivity contribution >= 4 is 42.3 Å². The molecule has 0 spiro atoms. The SMILES string of the molecule is c1ccc(-c2nc(-c3ccccc3)nc(-c3ccccc3-c3cc4sc5cccc6c5c4c4c(cccc34)O6)n2)cc1. The fourth-order valence-electron chi connectivity index (χ4n) is 6.06. The largest absolute Gasteiger partial charge is 0.456 e. The van der Waals surface area contributed by atoms with Gasteiger partial charge in [-0.1, -0.05) is 103 Å². The maximum absolute atomic E-state index is 6.45. The third-order valence-electron chi connectivity index (χ3n) is 7.92.